The Morgan fingerprint density at radius 3 is 2.70 bits per heavy atom. The van der Waals surface area contributed by atoms with Gasteiger partial charge in [0.2, 0.25) is 5.91 Å². The molecule has 1 aromatic rings. The molecule has 0 aromatic heterocycles. The predicted molar refractivity (Wildman–Crippen MR) is 82.6 cm³/mol. The Hall–Kier alpha value is -2.74. The number of hydrogen-bond donors (Lipinski definition) is 0. The van der Waals surface area contributed by atoms with Crippen LogP contribution in [0.2, 0.25) is 0 Å². The minimum atomic E-state index is -0.543. The normalized spacial score (nSPS) is 10.5. The fraction of sp³-hybridized carbons (Fsp3) is 0.333. The first-order valence-electron chi connectivity index (χ1n) is 6.75. The van der Waals surface area contributed by atoms with Crippen LogP contribution >= 0.6 is 0 Å². The van der Waals surface area contributed by atoms with Crippen molar-refractivity contribution in [1.82, 2.24) is 4.90 Å². The van der Waals surface area contributed by atoms with E-state index in [1.165, 1.54) is 49.5 Å². The van der Waals surface area contributed by atoms with Crippen LogP contribution in [0.3, 0.4) is 0 Å². The van der Waals surface area contributed by atoms with Gasteiger partial charge >= 0.3 is 5.97 Å². The molecule has 0 fully saturated rings. The van der Waals surface area contributed by atoms with Gasteiger partial charge in [-0.2, -0.15) is 0 Å². The molecule has 0 atom stereocenters. The molecule has 0 unspecified atom stereocenters. The van der Waals surface area contributed by atoms with Gasteiger partial charge in [-0.05, 0) is 11.6 Å². The van der Waals surface area contributed by atoms with E-state index in [1.807, 2.05) is 0 Å². The third-order valence-electron chi connectivity index (χ3n) is 2.92. The molecule has 0 aliphatic heterocycles. The minimum Gasteiger partial charge on any atom is -0.468 e. The lowest BCUT2D eigenvalue weighted by Crippen LogP contribution is -2.37. The summed E-state index contributed by atoms with van der Waals surface area (Å²) in [6.45, 7) is 0.301. The summed E-state index contributed by atoms with van der Waals surface area (Å²) in [6, 6.07) is 5.88. The summed E-state index contributed by atoms with van der Waals surface area (Å²) in [5.74, 6) is -0.961. The Labute approximate surface area is 133 Å². The number of rotatable bonds is 8. The van der Waals surface area contributed by atoms with Crippen LogP contribution < -0.4 is 0 Å². The summed E-state index contributed by atoms with van der Waals surface area (Å²) in [7, 11) is 2.72. The molecule has 8 nitrogen and oxygen atoms in total. The Kier molecular flexibility index (Phi) is 7.41. The Bertz CT molecular complexity index is 599. The summed E-state index contributed by atoms with van der Waals surface area (Å²) in [6.07, 6.45) is 2.70. The van der Waals surface area contributed by atoms with Gasteiger partial charge in [0.15, 0.2) is 0 Å². The number of methoxy groups -OCH3 is 2. The zero-order chi connectivity index (χ0) is 17.2. The van der Waals surface area contributed by atoms with E-state index in [4.69, 9.17) is 4.74 Å². The van der Waals surface area contributed by atoms with Crippen LogP contribution in [0.25, 0.3) is 6.08 Å². The van der Waals surface area contributed by atoms with Crippen molar-refractivity contribution in [3.63, 3.8) is 0 Å². The molecule has 8 heteroatoms. The minimum absolute atomic E-state index is 0.0644. The van der Waals surface area contributed by atoms with Gasteiger partial charge < -0.3 is 14.4 Å². The van der Waals surface area contributed by atoms with Crippen LogP contribution in [0.15, 0.2) is 30.3 Å². The summed E-state index contributed by atoms with van der Waals surface area (Å²) < 4.78 is 9.44. The monoisotopic (exact) mass is 322 g/mol. The number of nitro benzene ring substituents is 1. The van der Waals surface area contributed by atoms with Crippen molar-refractivity contribution in [2.24, 2.45) is 0 Å². The van der Waals surface area contributed by atoms with E-state index in [2.05, 4.69) is 4.74 Å². The number of amides is 1. The predicted octanol–water partition coefficient (Wildman–Crippen LogP) is 1.26. The Morgan fingerprint density at radius 1 is 1.35 bits per heavy atom. The Balaban J connectivity index is 2.81. The highest BCUT2D eigenvalue weighted by atomic mass is 16.6. The van der Waals surface area contributed by atoms with E-state index in [-0.39, 0.29) is 25.4 Å². The number of nitro groups is 1. The summed E-state index contributed by atoms with van der Waals surface area (Å²) in [5.41, 5.74) is 0.447. The Morgan fingerprint density at radius 2 is 2.09 bits per heavy atom. The molecular weight excluding hydrogens is 304 g/mol. The quantitative estimate of drug-likeness (QED) is 0.309. The van der Waals surface area contributed by atoms with Gasteiger partial charge in [0.05, 0.1) is 18.6 Å². The van der Waals surface area contributed by atoms with Crippen molar-refractivity contribution in [3.05, 3.63) is 46.0 Å². The number of carbonyl (C=O) groups excluding carboxylic acids is 2. The third-order valence-corrected chi connectivity index (χ3v) is 2.92. The average Bonchev–Trinajstić information content (AvgIpc) is 2.56. The number of carbonyl (C=O) groups is 2. The molecule has 0 heterocycles. The molecule has 0 aliphatic rings. The first kappa shape index (κ1) is 18.3. The second kappa shape index (κ2) is 9.31. The van der Waals surface area contributed by atoms with Crippen molar-refractivity contribution < 1.29 is 24.0 Å². The van der Waals surface area contributed by atoms with E-state index in [0.29, 0.717) is 5.56 Å². The number of ether oxygens (including phenoxy) is 2. The lowest BCUT2D eigenvalue weighted by molar-refractivity contribution is -0.384. The van der Waals surface area contributed by atoms with Gasteiger partial charge in [-0.3, -0.25) is 19.7 Å². The third kappa shape index (κ3) is 6.27. The van der Waals surface area contributed by atoms with E-state index < -0.39 is 16.8 Å². The maximum absolute atomic E-state index is 12.1. The maximum Gasteiger partial charge on any atom is 0.325 e. The van der Waals surface area contributed by atoms with E-state index in [9.17, 15) is 19.7 Å². The lowest BCUT2D eigenvalue weighted by atomic mass is 10.2. The topological polar surface area (TPSA) is 99.0 Å². The highest BCUT2D eigenvalue weighted by Gasteiger charge is 2.15. The SMILES string of the molecule is COCCN(CC(=O)OC)C(=O)C=Cc1cccc([N+](=O)[O-])c1. The van der Waals surface area contributed by atoms with Crippen molar-refractivity contribution in [1.29, 1.82) is 0 Å². The molecule has 0 saturated heterocycles. The fourth-order valence-electron chi connectivity index (χ4n) is 1.70. The molecule has 0 saturated carbocycles. The van der Waals surface area contributed by atoms with Gasteiger partial charge in [-0.15, -0.1) is 0 Å². The molecule has 1 rings (SSSR count). The lowest BCUT2D eigenvalue weighted by Gasteiger charge is -2.19. The molecular formula is C15H18N2O6. The first-order chi connectivity index (χ1) is 11.0. The summed E-state index contributed by atoms with van der Waals surface area (Å²) in [4.78, 5) is 34.9. The second-order valence-electron chi connectivity index (χ2n) is 4.51. The largest absolute Gasteiger partial charge is 0.468 e. The molecule has 0 N–H and O–H groups in total. The van der Waals surface area contributed by atoms with Crippen LogP contribution in [0, 0.1) is 10.1 Å². The van der Waals surface area contributed by atoms with Crippen molar-refractivity contribution >= 4 is 23.6 Å². The summed E-state index contributed by atoms with van der Waals surface area (Å²) in [5, 5.41) is 10.7. The van der Waals surface area contributed by atoms with Crippen LogP contribution in [-0.2, 0) is 19.1 Å². The van der Waals surface area contributed by atoms with Gasteiger partial charge in [-0.25, -0.2) is 0 Å². The van der Waals surface area contributed by atoms with Crippen molar-refractivity contribution in [3.8, 4) is 0 Å². The smallest absolute Gasteiger partial charge is 0.325 e. The number of non-ortho nitro benzene ring substituents is 1. The molecule has 0 radical (unpaired) electrons. The van der Waals surface area contributed by atoms with Crippen LogP contribution in [0.1, 0.15) is 5.56 Å². The van der Waals surface area contributed by atoms with Crippen LogP contribution in [0.4, 0.5) is 5.69 Å². The second-order valence-corrected chi connectivity index (χ2v) is 4.51. The molecule has 124 valence electrons. The fourth-order valence-corrected chi connectivity index (χ4v) is 1.70. The van der Waals surface area contributed by atoms with E-state index in [0.717, 1.165) is 0 Å². The molecule has 23 heavy (non-hydrogen) atoms. The number of benzene rings is 1. The molecule has 1 aromatic carbocycles. The molecule has 0 spiro atoms. The standard InChI is InChI=1S/C15H18N2O6/c1-22-9-8-16(11-15(19)23-2)14(18)7-6-12-4-3-5-13(10-12)17(20)21/h3-7,10H,8-9,11H2,1-2H3. The maximum atomic E-state index is 12.1. The zero-order valence-corrected chi connectivity index (χ0v) is 12.9. The first-order valence-corrected chi connectivity index (χ1v) is 6.75. The van der Waals surface area contributed by atoms with E-state index in [1.54, 1.807) is 6.07 Å². The number of hydrogen-bond acceptors (Lipinski definition) is 6. The van der Waals surface area contributed by atoms with Gasteiger partial charge in [0.25, 0.3) is 5.69 Å². The number of nitrogens with zero attached hydrogens (tertiary/aromatic N) is 2. The van der Waals surface area contributed by atoms with Gasteiger partial charge in [0, 0.05) is 31.9 Å². The van der Waals surface area contributed by atoms with Gasteiger partial charge in [-0.1, -0.05) is 12.1 Å². The summed E-state index contributed by atoms with van der Waals surface area (Å²) >= 11 is 0. The van der Waals surface area contributed by atoms with Crippen molar-refractivity contribution in [2.45, 2.75) is 0 Å². The average molecular weight is 322 g/mol. The molecule has 0 aliphatic carbocycles. The van der Waals surface area contributed by atoms with Crippen molar-refractivity contribution in [2.75, 3.05) is 33.9 Å². The molecule has 0 bridgehead atoms. The van der Waals surface area contributed by atoms with Crippen LogP contribution in [0.5, 0.6) is 0 Å². The van der Waals surface area contributed by atoms with Gasteiger partial charge in [0.1, 0.15) is 6.54 Å². The zero-order valence-electron chi connectivity index (χ0n) is 12.9. The highest BCUT2D eigenvalue weighted by molar-refractivity contribution is 5.93. The van der Waals surface area contributed by atoms with E-state index >= 15 is 0 Å². The van der Waals surface area contributed by atoms with Crippen LogP contribution in [-0.4, -0.2) is 55.6 Å². The highest BCUT2D eigenvalue weighted by Crippen LogP contribution is 2.14. The number of esters is 1. The molecule has 1 amide bonds.